The Morgan fingerprint density at radius 1 is 1.42 bits per heavy atom. The average molecular weight is 279 g/mol. The van der Waals surface area contributed by atoms with Gasteiger partial charge in [0.15, 0.2) is 0 Å². The molecule has 0 aliphatic heterocycles. The van der Waals surface area contributed by atoms with E-state index in [0.717, 1.165) is 24.2 Å². The molecule has 3 rings (SSSR count). The molecule has 1 fully saturated rings. The molecule has 0 spiro atoms. The van der Waals surface area contributed by atoms with Gasteiger partial charge in [0.1, 0.15) is 5.82 Å². The SMILES string of the molecule is COC1CCCC1n1c(CCl)nc2cc(C)ccc21. The number of ether oxygens (including phenoxy) is 1. The zero-order valence-electron chi connectivity index (χ0n) is 11.4. The van der Waals surface area contributed by atoms with Crippen LogP contribution >= 0.6 is 11.6 Å². The number of alkyl halides is 1. The number of hydrogen-bond donors (Lipinski definition) is 0. The van der Waals surface area contributed by atoms with Crippen molar-refractivity contribution in [1.29, 1.82) is 0 Å². The maximum Gasteiger partial charge on any atom is 0.125 e. The molecular weight excluding hydrogens is 260 g/mol. The number of aryl methyl sites for hydroxylation is 1. The summed E-state index contributed by atoms with van der Waals surface area (Å²) in [7, 11) is 1.80. The second-order valence-corrected chi connectivity index (χ2v) is 5.56. The molecule has 3 nitrogen and oxygen atoms in total. The van der Waals surface area contributed by atoms with Crippen LogP contribution < -0.4 is 0 Å². The molecule has 0 radical (unpaired) electrons. The molecule has 0 N–H and O–H groups in total. The van der Waals surface area contributed by atoms with Crippen LogP contribution in [-0.2, 0) is 10.6 Å². The van der Waals surface area contributed by atoms with Gasteiger partial charge in [-0.25, -0.2) is 4.98 Å². The van der Waals surface area contributed by atoms with Crippen molar-refractivity contribution in [3.63, 3.8) is 0 Å². The Bertz CT molecular complexity index is 593. The van der Waals surface area contributed by atoms with E-state index in [2.05, 4.69) is 34.7 Å². The Labute approximate surface area is 118 Å². The largest absolute Gasteiger partial charge is 0.379 e. The molecule has 1 saturated carbocycles. The lowest BCUT2D eigenvalue weighted by molar-refractivity contribution is 0.0755. The Balaban J connectivity index is 2.15. The highest BCUT2D eigenvalue weighted by Crippen LogP contribution is 2.36. The molecule has 0 amide bonds. The maximum atomic E-state index is 6.09. The first-order chi connectivity index (χ1) is 9.24. The van der Waals surface area contributed by atoms with Crippen molar-refractivity contribution in [2.24, 2.45) is 0 Å². The van der Waals surface area contributed by atoms with Gasteiger partial charge in [0.05, 0.1) is 29.1 Å². The highest BCUT2D eigenvalue weighted by atomic mass is 35.5. The molecule has 102 valence electrons. The first kappa shape index (κ1) is 12.9. The van der Waals surface area contributed by atoms with Gasteiger partial charge >= 0.3 is 0 Å². The van der Waals surface area contributed by atoms with E-state index in [-0.39, 0.29) is 6.10 Å². The molecule has 1 aromatic carbocycles. The minimum absolute atomic E-state index is 0.278. The van der Waals surface area contributed by atoms with E-state index in [1.807, 2.05) is 0 Å². The molecule has 1 aromatic heterocycles. The summed E-state index contributed by atoms with van der Waals surface area (Å²) in [5, 5.41) is 0. The van der Waals surface area contributed by atoms with Crippen molar-refractivity contribution in [2.45, 2.75) is 44.2 Å². The van der Waals surface area contributed by atoms with Crippen molar-refractivity contribution in [1.82, 2.24) is 9.55 Å². The van der Waals surface area contributed by atoms with Gasteiger partial charge in [-0.05, 0) is 43.9 Å². The number of methoxy groups -OCH3 is 1. The van der Waals surface area contributed by atoms with Crippen LogP contribution in [0, 0.1) is 6.92 Å². The summed E-state index contributed by atoms with van der Waals surface area (Å²) < 4.78 is 7.92. The van der Waals surface area contributed by atoms with Crippen LogP contribution in [-0.4, -0.2) is 22.8 Å². The summed E-state index contributed by atoms with van der Waals surface area (Å²) in [5.41, 5.74) is 3.44. The summed E-state index contributed by atoms with van der Waals surface area (Å²) in [6, 6.07) is 6.78. The lowest BCUT2D eigenvalue weighted by Crippen LogP contribution is -2.22. The molecule has 1 aliphatic rings. The predicted octanol–water partition coefficient (Wildman–Crippen LogP) is 3.82. The third-order valence-corrected chi connectivity index (χ3v) is 4.33. The molecular formula is C15H19ClN2O. The van der Waals surface area contributed by atoms with Crippen LogP contribution in [0.5, 0.6) is 0 Å². The van der Waals surface area contributed by atoms with Gasteiger partial charge in [0.25, 0.3) is 0 Å². The first-order valence-corrected chi connectivity index (χ1v) is 7.34. The van der Waals surface area contributed by atoms with E-state index in [4.69, 9.17) is 16.3 Å². The zero-order valence-corrected chi connectivity index (χ0v) is 12.2. The molecule has 2 unspecified atom stereocenters. The van der Waals surface area contributed by atoms with Crippen molar-refractivity contribution < 1.29 is 4.74 Å². The third kappa shape index (κ3) is 2.15. The van der Waals surface area contributed by atoms with Crippen molar-refractivity contribution in [3.8, 4) is 0 Å². The van der Waals surface area contributed by atoms with Crippen LogP contribution in [0.1, 0.15) is 36.7 Å². The fourth-order valence-corrected chi connectivity index (χ4v) is 3.39. The predicted molar refractivity (Wildman–Crippen MR) is 77.7 cm³/mol. The molecule has 1 aliphatic carbocycles. The molecule has 19 heavy (non-hydrogen) atoms. The number of aromatic nitrogens is 2. The number of halogens is 1. The first-order valence-electron chi connectivity index (χ1n) is 6.81. The summed E-state index contributed by atoms with van der Waals surface area (Å²) in [6.45, 7) is 2.09. The van der Waals surface area contributed by atoms with Gasteiger partial charge in [0, 0.05) is 7.11 Å². The van der Waals surface area contributed by atoms with Crippen molar-refractivity contribution in [2.75, 3.05) is 7.11 Å². The van der Waals surface area contributed by atoms with Crippen LogP contribution in [0.2, 0.25) is 0 Å². The Kier molecular flexibility index (Phi) is 3.50. The van der Waals surface area contributed by atoms with E-state index in [9.17, 15) is 0 Å². The average Bonchev–Trinajstić information content (AvgIpc) is 3.00. The fourth-order valence-electron chi connectivity index (χ4n) is 3.20. The molecule has 2 atom stereocenters. The second kappa shape index (κ2) is 5.14. The van der Waals surface area contributed by atoms with Crippen molar-refractivity contribution >= 4 is 22.6 Å². The number of imidazole rings is 1. The summed E-state index contributed by atoms with van der Waals surface area (Å²) >= 11 is 6.09. The van der Waals surface area contributed by atoms with Gasteiger partial charge in [0.2, 0.25) is 0 Å². The quantitative estimate of drug-likeness (QED) is 0.798. The number of fused-ring (bicyclic) bond motifs is 1. The molecule has 1 heterocycles. The number of nitrogens with zero attached hydrogens (tertiary/aromatic N) is 2. The molecule has 0 saturated heterocycles. The monoisotopic (exact) mass is 278 g/mol. The van der Waals surface area contributed by atoms with E-state index in [0.29, 0.717) is 11.9 Å². The third-order valence-electron chi connectivity index (χ3n) is 4.09. The Morgan fingerprint density at radius 2 is 2.26 bits per heavy atom. The summed E-state index contributed by atoms with van der Waals surface area (Å²) in [6.07, 6.45) is 3.74. The van der Waals surface area contributed by atoms with Crippen LogP contribution in [0.15, 0.2) is 18.2 Å². The highest BCUT2D eigenvalue weighted by molar-refractivity contribution is 6.16. The number of hydrogen-bond acceptors (Lipinski definition) is 2. The minimum atomic E-state index is 0.278. The van der Waals surface area contributed by atoms with Gasteiger partial charge in [-0.15, -0.1) is 11.6 Å². The second-order valence-electron chi connectivity index (χ2n) is 5.30. The molecule has 0 bridgehead atoms. The van der Waals surface area contributed by atoms with Crippen LogP contribution in [0.4, 0.5) is 0 Å². The topological polar surface area (TPSA) is 27.1 Å². The standard InChI is InChI=1S/C15H19ClN2O/c1-10-6-7-12-11(8-10)17-15(9-16)18(12)13-4-3-5-14(13)19-2/h6-8,13-14H,3-5,9H2,1-2H3. The van der Waals surface area contributed by atoms with E-state index < -0.39 is 0 Å². The van der Waals surface area contributed by atoms with E-state index >= 15 is 0 Å². The fraction of sp³-hybridized carbons (Fsp3) is 0.533. The van der Waals surface area contributed by atoms with Crippen LogP contribution in [0.25, 0.3) is 11.0 Å². The van der Waals surface area contributed by atoms with Crippen LogP contribution in [0.3, 0.4) is 0 Å². The molecule has 4 heteroatoms. The lowest BCUT2D eigenvalue weighted by atomic mass is 10.1. The minimum Gasteiger partial charge on any atom is -0.379 e. The number of benzene rings is 1. The van der Waals surface area contributed by atoms with E-state index in [1.165, 1.54) is 17.5 Å². The zero-order chi connectivity index (χ0) is 13.4. The molecule has 2 aromatic rings. The summed E-state index contributed by atoms with van der Waals surface area (Å²) in [4.78, 5) is 4.68. The maximum absolute atomic E-state index is 6.09. The number of rotatable bonds is 3. The lowest BCUT2D eigenvalue weighted by Gasteiger charge is -2.22. The smallest absolute Gasteiger partial charge is 0.125 e. The Morgan fingerprint density at radius 3 is 3.00 bits per heavy atom. The van der Waals surface area contributed by atoms with Gasteiger partial charge in [-0.2, -0.15) is 0 Å². The Hall–Kier alpha value is -1.06. The highest BCUT2D eigenvalue weighted by Gasteiger charge is 2.31. The van der Waals surface area contributed by atoms with Crippen molar-refractivity contribution in [3.05, 3.63) is 29.6 Å². The van der Waals surface area contributed by atoms with Gasteiger partial charge in [-0.1, -0.05) is 6.07 Å². The summed E-state index contributed by atoms with van der Waals surface area (Å²) in [5.74, 6) is 1.40. The van der Waals surface area contributed by atoms with Gasteiger partial charge in [-0.3, -0.25) is 0 Å². The van der Waals surface area contributed by atoms with E-state index in [1.54, 1.807) is 7.11 Å². The van der Waals surface area contributed by atoms with Gasteiger partial charge < -0.3 is 9.30 Å². The normalized spacial score (nSPS) is 23.3.